The number of aromatic nitrogens is 3. The van der Waals surface area contributed by atoms with Gasteiger partial charge in [0.15, 0.2) is 5.69 Å². The van der Waals surface area contributed by atoms with Crippen LogP contribution in [0.2, 0.25) is 0 Å². The molecule has 164 valence electrons. The molecule has 0 aliphatic carbocycles. The molecule has 1 amide bonds. The highest BCUT2D eigenvalue weighted by atomic mass is 19.4. The van der Waals surface area contributed by atoms with Crippen molar-refractivity contribution in [3.8, 4) is 5.69 Å². The number of para-hydroxylation sites is 1. The van der Waals surface area contributed by atoms with E-state index in [1.54, 1.807) is 17.0 Å². The van der Waals surface area contributed by atoms with Gasteiger partial charge in [0.2, 0.25) is 0 Å². The Morgan fingerprint density at radius 2 is 1.94 bits per heavy atom. The van der Waals surface area contributed by atoms with Gasteiger partial charge in [-0.3, -0.25) is 4.79 Å². The van der Waals surface area contributed by atoms with Gasteiger partial charge in [0, 0.05) is 6.04 Å². The van der Waals surface area contributed by atoms with Crippen LogP contribution < -0.4 is 0 Å². The van der Waals surface area contributed by atoms with Crippen LogP contribution in [0.3, 0.4) is 0 Å². The molecule has 0 atom stereocenters. The Labute approximate surface area is 177 Å². The van der Waals surface area contributed by atoms with Gasteiger partial charge < -0.3 is 14.2 Å². The zero-order chi connectivity index (χ0) is 22.0. The van der Waals surface area contributed by atoms with Gasteiger partial charge in [0.1, 0.15) is 5.76 Å². The van der Waals surface area contributed by atoms with E-state index in [-0.39, 0.29) is 29.9 Å². The van der Waals surface area contributed by atoms with Crippen molar-refractivity contribution in [2.24, 2.45) is 0 Å². The fourth-order valence-corrected chi connectivity index (χ4v) is 3.78. The van der Waals surface area contributed by atoms with Gasteiger partial charge in [0.25, 0.3) is 5.91 Å². The molecule has 3 heterocycles. The number of alkyl halides is 3. The largest absolute Gasteiger partial charge is 0.467 e. The standard InChI is InChI=1S/C21H22F3N5O2/c1-27-10-8-15(9-11-27)28(13-16-5-4-12-31-16)20(30)18-14-29(26-25-18)19-7-3-2-6-17(19)21(22,23)24/h2-7,12,14-15H,8-11,13H2,1H3. The van der Waals surface area contributed by atoms with Gasteiger partial charge >= 0.3 is 6.18 Å². The molecule has 1 saturated heterocycles. The summed E-state index contributed by atoms with van der Waals surface area (Å²) in [6, 6.07) is 8.56. The summed E-state index contributed by atoms with van der Waals surface area (Å²) in [5.41, 5.74) is -1.04. The molecule has 31 heavy (non-hydrogen) atoms. The summed E-state index contributed by atoms with van der Waals surface area (Å²) >= 11 is 0. The van der Waals surface area contributed by atoms with Crippen molar-refractivity contribution >= 4 is 5.91 Å². The Kier molecular flexibility index (Phi) is 5.81. The molecule has 0 radical (unpaired) electrons. The first-order chi connectivity index (χ1) is 14.8. The predicted molar refractivity (Wildman–Crippen MR) is 105 cm³/mol. The van der Waals surface area contributed by atoms with E-state index in [0.717, 1.165) is 36.7 Å². The van der Waals surface area contributed by atoms with Crippen LogP contribution in [0.5, 0.6) is 0 Å². The fraction of sp³-hybridized carbons (Fsp3) is 0.381. The molecule has 4 rings (SSSR count). The van der Waals surface area contributed by atoms with Crippen molar-refractivity contribution in [3.05, 3.63) is 65.9 Å². The van der Waals surface area contributed by atoms with Crippen molar-refractivity contribution in [1.29, 1.82) is 0 Å². The molecule has 1 fully saturated rings. The number of carbonyl (C=O) groups excluding carboxylic acids is 1. The van der Waals surface area contributed by atoms with Crippen LogP contribution in [0.25, 0.3) is 5.69 Å². The molecular weight excluding hydrogens is 411 g/mol. The second kappa shape index (κ2) is 8.54. The molecular formula is C21H22F3N5O2. The number of hydrogen-bond acceptors (Lipinski definition) is 5. The van der Waals surface area contributed by atoms with Crippen LogP contribution in [0, 0.1) is 0 Å². The average Bonchev–Trinajstić information content (AvgIpc) is 3.44. The Morgan fingerprint density at radius 1 is 1.19 bits per heavy atom. The highest BCUT2D eigenvalue weighted by Crippen LogP contribution is 2.33. The highest BCUT2D eigenvalue weighted by Gasteiger charge is 2.35. The third kappa shape index (κ3) is 4.63. The molecule has 0 N–H and O–H groups in total. The number of amides is 1. The van der Waals surface area contributed by atoms with E-state index in [4.69, 9.17) is 4.42 Å². The quantitative estimate of drug-likeness (QED) is 0.615. The van der Waals surface area contributed by atoms with Gasteiger partial charge in [0.05, 0.1) is 30.3 Å². The van der Waals surface area contributed by atoms with Crippen molar-refractivity contribution in [2.75, 3.05) is 20.1 Å². The monoisotopic (exact) mass is 433 g/mol. The second-order valence-corrected chi connectivity index (χ2v) is 7.61. The number of halogens is 3. The van der Waals surface area contributed by atoms with E-state index >= 15 is 0 Å². The zero-order valence-corrected chi connectivity index (χ0v) is 16.9. The first-order valence-corrected chi connectivity index (χ1v) is 9.94. The zero-order valence-electron chi connectivity index (χ0n) is 16.9. The minimum absolute atomic E-state index is 0.0116. The molecule has 7 nitrogen and oxygen atoms in total. The number of likely N-dealkylation sites (tertiary alicyclic amines) is 1. The number of nitrogens with zero attached hydrogens (tertiary/aromatic N) is 5. The van der Waals surface area contributed by atoms with Gasteiger partial charge in [-0.1, -0.05) is 17.3 Å². The summed E-state index contributed by atoms with van der Waals surface area (Å²) in [5, 5.41) is 7.69. The first kappa shape index (κ1) is 21.1. The summed E-state index contributed by atoms with van der Waals surface area (Å²) in [4.78, 5) is 17.2. The van der Waals surface area contributed by atoms with Gasteiger partial charge in [-0.2, -0.15) is 13.2 Å². The normalized spacial score (nSPS) is 15.9. The molecule has 1 aromatic carbocycles. The summed E-state index contributed by atoms with van der Waals surface area (Å²) in [6.07, 6.45) is -0.192. The Hall–Kier alpha value is -3.14. The molecule has 2 aromatic heterocycles. The van der Waals surface area contributed by atoms with Gasteiger partial charge in [-0.15, -0.1) is 5.10 Å². The number of carbonyl (C=O) groups is 1. The molecule has 3 aromatic rings. The summed E-state index contributed by atoms with van der Waals surface area (Å²) in [7, 11) is 2.03. The Morgan fingerprint density at radius 3 is 2.61 bits per heavy atom. The summed E-state index contributed by atoms with van der Waals surface area (Å²) in [5.74, 6) is 0.240. The van der Waals surface area contributed by atoms with Crippen molar-refractivity contribution in [3.63, 3.8) is 0 Å². The number of rotatable bonds is 5. The lowest BCUT2D eigenvalue weighted by molar-refractivity contribution is -0.137. The van der Waals surface area contributed by atoms with Crippen LogP contribution in [0.1, 0.15) is 34.7 Å². The molecule has 0 spiro atoms. The summed E-state index contributed by atoms with van der Waals surface area (Å²) < 4.78 is 46.5. The molecule has 10 heteroatoms. The predicted octanol–water partition coefficient (Wildman–Crippen LogP) is 3.62. The van der Waals surface area contributed by atoms with Gasteiger partial charge in [-0.25, -0.2) is 4.68 Å². The van der Waals surface area contributed by atoms with E-state index in [1.165, 1.54) is 30.7 Å². The van der Waals surface area contributed by atoms with Crippen LogP contribution in [0.15, 0.2) is 53.3 Å². The minimum Gasteiger partial charge on any atom is -0.467 e. The Balaban J connectivity index is 1.62. The maximum Gasteiger partial charge on any atom is 0.418 e. The molecule has 1 aliphatic rings. The van der Waals surface area contributed by atoms with Gasteiger partial charge in [-0.05, 0) is 57.2 Å². The van der Waals surface area contributed by atoms with E-state index < -0.39 is 11.7 Å². The van der Waals surface area contributed by atoms with E-state index in [9.17, 15) is 18.0 Å². The van der Waals surface area contributed by atoms with Crippen molar-refractivity contribution < 1.29 is 22.4 Å². The highest BCUT2D eigenvalue weighted by molar-refractivity contribution is 5.92. The lowest BCUT2D eigenvalue weighted by Gasteiger charge is -2.36. The SMILES string of the molecule is CN1CCC(N(Cc2ccco2)C(=O)c2cn(-c3ccccc3C(F)(F)F)nn2)CC1. The first-order valence-electron chi connectivity index (χ1n) is 9.94. The second-order valence-electron chi connectivity index (χ2n) is 7.61. The van der Waals surface area contributed by atoms with Crippen LogP contribution >= 0.6 is 0 Å². The number of benzene rings is 1. The molecule has 0 bridgehead atoms. The lowest BCUT2D eigenvalue weighted by atomic mass is 10.0. The molecule has 1 aliphatic heterocycles. The van der Waals surface area contributed by atoms with Crippen molar-refractivity contribution in [1.82, 2.24) is 24.8 Å². The smallest absolute Gasteiger partial charge is 0.418 e. The van der Waals surface area contributed by atoms with E-state index in [1.807, 2.05) is 7.05 Å². The fourth-order valence-electron chi connectivity index (χ4n) is 3.78. The van der Waals surface area contributed by atoms with Crippen LogP contribution in [-0.2, 0) is 12.7 Å². The molecule has 0 saturated carbocycles. The number of piperidine rings is 1. The third-order valence-electron chi connectivity index (χ3n) is 5.46. The average molecular weight is 433 g/mol. The van der Waals surface area contributed by atoms with Crippen LogP contribution in [-0.4, -0.2) is 56.9 Å². The van der Waals surface area contributed by atoms with E-state index in [2.05, 4.69) is 15.2 Å². The van der Waals surface area contributed by atoms with E-state index in [0.29, 0.717) is 5.76 Å². The van der Waals surface area contributed by atoms with Crippen molar-refractivity contribution in [2.45, 2.75) is 31.6 Å². The Bertz CT molecular complexity index is 1020. The topological polar surface area (TPSA) is 67.4 Å². The maximum atomic E-state index is 13.4. The lowest BCUT2D eigenvalue weighted by Crippen LogP contribution is -2.46. The minimum atomic E-state index is -4.55. The third-order valence-corrected chi connectivity index (χ3v) is 5.46. The maximum absolute atomic E-state index is 13.4. The number of hydrogen-bond donors (Lipinski definition) is 0. The molecule has 0 unspecified atom stereocenters. The van der Waals surface area contributed by atoms with Crippen LogP contribution in [0.4, 0.5) is 13.2 Å². The number of furan rings is 1. The summed E-state index contributed by atoms with van der Waals surface area (Å²) in [6.45, 7) is 1.95.